The largest absolute Gasteiger partial charge is 0.441 e. The minimum absolute atomic E-state index is 0.300. The minimum atomic E-state index is -1.33. The molecule has 3 N–H and O–H groups in total. The van der Waals surface area contributed by atoms with Crippen molar-refractivity contribution in [3.05, 3.63) is 60.0 Å². The van der Waals surface area contributed by atoms with Crippen molar-refractivity contribution in [2.24, 2.45) is 11.7 Å². The van der Waals surface area contributed by atoms with Crippen LogP contribution in [0.25, 0.3) is 11.0 Å². The van der Waals surface area contributed by atoms with Gasteiger partial charge in [0, 0.05) is 37.1 Å². The van der Waals surface area contributed by atoms with Crippen LogP contribution in [0.15, 0.2) is 53.2 Å². The number of primary amides is 1. The van der Waals surface area contributed by atoms with E-state index in [1.165, 1.54) is 23.1 Å². The molecule has 5 rings (SSSR count). The third-order valence-electron chi connectivity index (χ3n) is 6.49. The Morgan fingerprint density at radius 3 is 2.76 bits per heavy atom. The highest BCUT2D eigenvalue weighted by Crippen LogP contribution is 2.49. The fraction of sp³-hybridized carbons (Fsp3) is 0.348. The molecule has 0 aliphatic carbocycles. The first-order valence-electron chi connectivity index (χ1n) is 10.8. The normalized spacial score (nSPS) is 24.7. The van der Waals surface area contributed by atoms with Gasteiger partial charge in [-0.1, -0.05) is 23.4 Å². The van der Waals surface area contributed by atoms with Gasteiger partial charge < -0.3 is 20.3 Å². The number of aromatic nitrogens is 1. The SMILES string of the molecule is CC(C(N)=O)C1OC(=O)N(c2cccc(F)c2)C1(c1cccc2cnoc12)N1CCNCC1. The molecule has 1 aromatic heterocycles. The smallest absolute Gasteiger partial charge is 0.416 e. The number of anilines is 1. The Labute approximate surface area is 189 Å². The van der Waals surface area contributed by atoms with Gasteiger partial charge in [0.25, 0.3) is 0 Å². The van der Waals surface area contributed by atoms with E-state index in [1.54, 1.807) is 19.2 Å². The number of nitrogens with zero attached hydrogens (tertiary/aromatic N) is 3. The Hall–Kier alpha value is -3.50. The van der Waals surface area contributed by atoms with Gasteiger partial charge in [-0.15, -0.1) is 0 Å². The summed E-state index contributed by atoms with van der Waals surface area (Å²) in [5, 5.41) is 7.98. The molecule has 3 heterocycles. The second kappa shape index (κ2) is 8.13. The molecule has 0 spiro atoms. The predicted molar refractivity (Wildman–Crippen MR) is 118 cm³/mol. The number of hydrogen-bond acceptors (Lipinski definition) is 7. The summed E-state index contributed by atoms with van der Waals surface area (Å²) < 4.78 is 25.8. The number of ether oxygens (including phenoxy) is 1. The molecule has 0 radical (unpaired) electrons. The maximum absolute atomic E-state index is 14.3. The molecule has 2 aliphatic rings. The number of carbonyl (C=O) groups excluding carboxylic acids is 2. The zero-order valence-electron chi connectivity index (χ0n) is 18.0. The maximum Gasteiger partial charge on any atom is 0.416 e. The summed E-state index contributed by atoms with van der Waals surface area (Å²) in [5.74, 6) is -1.96. The molecule has 2 aromatic carbocycles. The van der Waals surface area contributed by atoms with Crippen molar-refractivity contribution in [3.8, 4) is 0 Å². The van der Waals surface area contributed by atoms with E-state index in [4.69, 9.17) is 15.0 Å². The van der Waals surface area contributed by atoms with Crippen LogP contribution in [0.1, 0.15) is 12.5 Å². The molecule has 0 saturated carbocycles. The molecule has 9 nitrogen and oxygen atoms in total. The lowest BCUT2D eigenvalue weighted by Crippen LogP contribution is -2.66. The number of nitrogens with two attached hydrogens (primary N) is 1. The van der Waals surface area contributed by atoms with Crippen LogP contribution in [0.4, 0.5) is 14.9 Å². The van der Waals surface area contributed by atoms with Crippen molar-refractivity contribution >= 4 is 28.7 Å². The lowest BCUT2D eigenvalue weighted by molar-refractivity contribution is -0.127. The van der Waals surface area contributed by atoms with Gasteiger partial charge in [-0.3, -0.25) is 14.6 Å². The van der Waals surface area contributed by atoms with E-state index < -0.39 is 35.5 Å². The number of benzene rings is 2. The molecule has 10 heteroatoms. The monoisotopic (exact) mass is 453 g/mol. The summed E-state index contributed by atoms with van der Waals surface area (Å²) in [6, 6.07) is 11.2. The van der Waals surface area contributed by atoms with Crippen LogP contribution >= 0.6 is 0 Å². The number of fused-ring (bicyclic) bond motifs is 1. The second-order valence-corrected chi connectivity index (χ2v) is 8.32. The average Bonchev–Trinajstić information content (AvgIpc) is 3.41. The number of cyclic esters (lactones) is 1. The van der Waals surface area contributed by atoms with Crippen LogP contribution in [0.2, 0.25) is 0 Å². The molecule has 2 fully saturated rings. The molecule has 0 bridgehead atoms. The van der Waals surface area contributed by atoms with E-state index in [0.717, 1.165) is 5.39 Å². The van der Waals surface area contributed by atoms with Gasteiger partial charge in [-0.2, -0.15) is 0 Å². The van der Waals surface area contributed by atoms with E-state index in [1.807, 2.05) is 18.2 Å². The zero-order valence-corrected chi connectivity index (χ0v) is 18.0. The van der Waals surface area contributed by atoms with E-state index in [-0.39, 0.29) is 0 Å². The molecule has 2 amide bonds. The number of hydrogen-bond donors (Lipinski definition) is 2. The lowest BCUT2D eigenvalue weighted by atomic mass is 9.82. The minimum Gasteiger partial charge on any atom is -0.441 e. The number of piperazine rings is 1. The predicted octanol–water partition coefficient (Wildman–Crippen LogP) is 2.17. The Kier molecular flexibility index (Phi) is 5.26. The molecule has 3 unspecified atom stereocenters. The lowest BCUT2D eigenvalue weighted by Gasteiger charge is -2.49. The van der Waals surface area contributed by atoms with Crippen LogP contribution in [0, 0.1) is 11.7 Å². The van der Waals surface area contributed by atoms with Gasteiger partial charge in [-0.05, 0) is 31.2 Å². The van der Waals surface area contributed by atoms with Crippen molar-refractivity contribution in [2.45, 2.75) is 18.7 Å². The Bertz CT molecular complexity index is 1210. The van der Waals surface area contributed by atoms with Gasteiger partial charge in [0.15, 0.2) is 17.3 Å². The van der Waals surface area contributed by atoms with Crippen LogP contribution in [0.5, 0.6) is 0 Å². The van der Waals surface area contributed by atoms with Gasteiger partial charge in [0.1, 0.15) is 5.82 Å². The first-order valence-corrected chi connectivity index (χ1v) is 10.8. The van der Waals surface area contributed by atoms with Gasteiger partial charge in [0.05, 0.1) is 17.8 Å². The van der Waals surface area contributed by atoms with Crippen LogP contribution in [-0.2, 0) is 15.2 Å². The number of carbonyl (C=O) groups is 2. The number of amides is 2. The summed E-state index contributed by atoms with van der Waals surface area (Å²) in [5.41, 5.74) is 5.73. The van der Waals surface area contributed by atoms with Crippen molar-refractivity contribution < 1.29 is 23.2 Å². The van der Waals surface area contributed by atoms with Gasteiger partial charge in [0.2, 0.25) is 5.91 Å². The number of para-hydroxylation sites is 1. The maximum atomic E-state index is 14.3. The summed E-state index contributed by atoms with van der Waals surface area (Å²) in [4.78, 5) is 29.4. The standard InChI is InChI=1S/C23H24FN5O4/c1-14(21(25)30)20-23(28-10-8-26-9-11-28,18-7-2-4-15-13-27-33-19(15)18)29(22(31)32-20)17-6-3-5-16(24)12-17/h2-7,12-14,20,26H,8-11H2,1H3,(H2,25,30). The van der Waals surface area contributed by atoms with Crippen LogP contribution < -0.4 is 16.0 Å². The summed E-state index contributed by atoms with van der Waals surface area (Å²) in [6.07, 6.45) is -0.102. The highest BCUT2D eigenvalue weighted by Gasteiger charge is 2.63. The Morgan fingerprint density at radius 1 is 1.27 bits per heavy atom. The van der Waals surface area contributed by atoms with E-state index in [2.05, 4.69) is 15.4 Å². The fourth-order valence-corrected chi connectivity index (χ4v) is 4.98. The summed E-state index contributed by atoms with van der Waals surface area (Å²) >= 11 is 0. The van der Waals surface area contributed by atoms with Crippen molar-refractivity contribution in [1.82, 2.24) is 15.4 Å². The average molecular weight is 453 g/mol. The molecule has 3 aromatic rings. The van der Waals surface area contributed by atoms with Crippen LogP contribution in [-0.4, -0.2) is 54.3 Å². The van der Waals surface area contributed by atoms with Gasteiger partial charge >= 0.3 is 6.09 Å². The fourth-order valence-electron chi connectivity index (χ4n) is 4.98. The summed E-state index contributed by atoms with van der Waals surface area (Å²) in [6.45, 7) is 4.00. The second-order valence-electron chi connectivity index (χ2n) is 8.32. The highest BCUT2D eigenvalue weighted by atomic mass is 19.1. The first-order chi connectivity index (χ1) is 15.9. The van der Waals surface area contributed by atoms with E-state index >= 15 is 0 Å². The first kappa shape index (κ1) is 21.4. The highest BCUT2D eigenvalue weighted by molar-refractivity contribution is 5.95. The van der Waals surface area contributed by atoms with Crippen molar-refractivity contribution in [2.75, 3.05) is 31.1 Å². The molecule has 3 atom stereocenters. The van der Waals surface area contributed by atoms with E-state index in [9.17, 15) is 14.0 Å². The number of rotatable bonds is 5. The topological polar surface area (TPSA) is 114 Å². The Balaban J connectivity index is 1.85. The van der Waals surface area contributed by atoms with Crippen LogP contribution in [0.3, 0.4) is 0 Å². The summed E-state index contributed by atoms with van der Waals surface area (Å²) in [7, 11) is 0. The number of nitrogens with one attached hydrogen (secondary N) is 1. The molecular formula is C23H24FN5O4. The molecular weight excluding hydrogens is 429 g/mol. The third-order valence-corrected chi connectivity index (χ3v) is 6.49. The molecule has 172 valence electrons. The third kappa shape index (κ3) is 3.25. The van der Waals surface area contributed by atoms with Crippen molar-refractivity contribution in [3.63, 3.8) is 0 Å². The quantitative estimate of drug-likeness (QED) is 0.609. The number of halogens is 1. The molecule has 2 saturated heterocycles. The Morgan fingerprint density at radius 2 is 2.03 bits per heavy atom. The van der Waals surface area contributed by atoms with Gasteiger partial charge in [-0.25, -0.2) is 9.18 Å². The van der Waals surface area contributed by atoms with E-state index in [0.29, 0.717) is 43.0 Å². The van der Waals surface area contributed by atoms with Crippen molar-refractivity contribution in [1.29, 1.82) is 0 Å². The molecule has 33 heavy (non-hydrogen) atoms. The molecule has 2 aliphatic heterocycles. The zero-order chi connectivity index (χ0) is 23.2.